The maximum absolute atomic E-state index is 12.0. The van der Waals surface area contributed by atoms with Crippen molar-refractivity contribution in [1.82, 2.24) is 10.6 Å². The molecule has 0 aromatic heterocycles. The smallest absolute Gasteiger partial charge is 0.251 e. The summed E-state index contributed by atoms with van der Waals surface area (Å²) >= 11 is 0. The molecule has 0 unspecified atom stereocenters. The van der Waals surface area contributed by atoms with Gasteiger partial charge < -0.3 is 10.6 Å². The molecule has 0 saturated carbocycles. The van der Waals surface area contributed by atoms with Gasteiger partial charge in [0, 0.05) is 24.2 Å². The van der Waals surface area contributed by atoms with Crippen molar-refractivity contribution < 1.29 is 9.59 Å². The second kappa shape index (κ2) is 9.43. The normalized spacial score (nSPS) is 10.7. The molecule has 0 heterocycles. The summed E-state index contributed by atoms with van der Waals surface area (Å²) in [6.45, 7) is 3.38. The molecule has 4 heteroatoms. The summed E-state index contributed by atoms with van der Waals surface area (Å²) in [5.41, 5.74) is 2.26. The minimum Gasteiger partial charge on any atom is -0.348 e. The SMILES string of the molecule is C/C=C/CNCC(=O)c1ccc(CNC(=O)c2ccccc2)cc1. The molecule has 0 aliphatic carbocycles. The summed E-state index contributed by atoms with van der Waals surface area (Å²) in [6.07, 6.45) is 3.90. The van der Waals surface area contributed by atoms with E-state index in [1.807, 2.05) is 49.4 Å². The topological polar surface area (TPSA) is 58.2 Å². The van der Waals surface area contributed by atoms with Gasteiger partial charge >= 0.3 is 0 Å². The van der Waals surface area contributed by atoms with Crippen molar-refractivity contribution in [2.75, 3.05) is 13.1 Å². The third-order valence-electron chi connectivity index (χ3n) is 3.55. The predicted octanol–water partition coefficient (Wildman–Crippen LogP) is 2.97. The van der Waals surface area contributed by atoms with E-state index in [2.05, 4.69) is 10.6 Å². The van der Waals surface area contributed by atoms with Gasteiger partial charge in [-0.3, -0.25) is 9.59 Å². The van der Waals surface area contributed by atoms with E-state index in [0.29, 0.717) is 30.8 Å². The predicted molar refractivity (Wildman–Crippen MR) is 96.1 cm³/mol. The van der Waals surface area contributed by atoms with E-state index >= 15 is 0 Å². The summed E-state index contributed by atoms with van der Waals surface area (Å²) in [6, 6.07) is 16.4. The first-order valence-electron chi connectivity index (χ1n) is 7.98. The zero-order valence-corrected chi connectivity index (χ0v) is 13.8. The number of carbonyl (C=O) groups excluding carboxylic acids is 2. The number of Topliss-reactive ketones (excluding diaryl/α,β-unsaturated/α-hetero) is 1. The van der Waals surface area contributed by atoms with Gasteiger partial charge in [0.2, 0.25) is 0 Å². The number of hydrogen-bond donors (Lipinski definition) is 2. The third-order valence-corrected chi connectivity index (χ3v) is 3.55. The molecule has 2 aromatic carbocycles. The first-order valence-corrected chi connectivity index (χ1v) is 7.98. The molecule has 0 aliphatic heterocycles. The van der Waals surface area contributed by atoms with E-state index in [1.54, 1.807) is 24.3 Å². The molecule has 0 atom stereocenters. The summed E-state index contributed by atoms with van der Waals surface area (Å²) < 4.78 is 0. The van der Waals surface area contributed by atoms with E-state index in [-0.39, 0.29) is 11.7 Å². The van der Waals surface area contributed by atoms with Crippen molar-refractivity contribution in [1.29, 1.82) is 0 Å². The van der Waals surface area contributed by atoms with Crippen molar-refractivity contribution in [2.45, 2.75) is 13.5 Å². The Morgan fingerprint density at radius 3 is 2.33 bits per heavy atom. The zero-order valence-electron chi connectivity index (χ0n) is 13.8. The Morgan fingerprint density at radius 2 is 1.67 bits per heavy atom. The van der Waals surface area contributed by atoms with Crippen molar-refractivity contribution in [2.24, 2.45) is 0 Å². The molecule has 2 rings (SSSR count). The molecule has 2 N–H and O–H groups in total. The van der Waals surface area contributed by atoms with Gasteiger partial charge in [-0.2, -0.15) is 0 Å². The summed E-state index contributed by atoms with van der Waals surface area (Å²) in [5.74, 6) is -0.0525. The number of amides is 1. The molecule has 0 radical (unpaired) electrons. The van der Waals surface area contributed by atoms with E-state index in [9.17, 15) is 9.59 Å². The van der Waals surface area contributed by atoms with Crippen LogP contribution in [-0.2, 0) is 6.54 Å². The number of carbonyl (C=O) groups is 2. The molecule has 1 amide bonds. The summed E-state index contributed by atoms with van der Waals surface area (Å²) in [5, 5.41) is 5.93. The minimum atomic E-state index is -0.107. The van der Waals surface area contributed by atoms with Crippen LogP contribution < -0.4 is 10.6 Å². The maximum Gasteiger partial charge on any atom is 0.251 e. The van der Waals surface area contributed by atoms with Gasteiger partial charge in [-0.15, -0.1) is 0 Å². The highest BCUT2D eigenvalue weighted by Crippen LogP contribution is 2.06. The van der Waals surface area contributed by atoms with Gasteiger partial charge in [-0.25, -0.2) is 0 Å². The van der Waals surface area contributed by atoms with Gasteiger partial charge in [0.05, 0.1) is 6.54 Å². The molecule has 4 nitrogen and oxygen atoms in total. The standard InChI is InChI=1S/C20H22N2O2/c1-2-3-13-21-15-19(23)17-11-9-16(10-12-17)14-22-20(24)18-7-5-4-6-8-18/h2-12,21H,13-15H2,1H3,(H,22,24)/b3-2+. The van der Waals surface area contributed by atoms with Crippen LogP contribution in [0.2, 0.25) is 0 Å². The Kier molecular flexibility index (Phi) is 6.92. The largest absolute Gasteiger partial charge is 0.348 e. The lowest BCUT2D eigenvalue weighted by Gasteiger charge is -2.07. The number of allylic oxidation sites excluding steroid dienone is 1. The fourth-order valence-electron chi connectivity index (χ4n) is 2.17. The molecule has 0 fully saturated rings. The number of rotatable bonds is 8. The van der Waals surface area contributed by atoms with Crippen LogP contribution in [0.25, 0.3) is 0 Å². The monoisotopic (exact) mass is 322 g/mol. The van der Waals surface area contributed by atoms with Gasteiger partial charge in [-0.05, 0) is 24.6 Å². The second-order valence-corrected chi connectivity index (χ2v) is 5.37. The average Bonchev–Trinajstić information content (AvgIpc) is 2.64. The molecule has 124 valence electrons. The lowest BCUT2D eigenvalue weighted by molar-refractivity contribution is 0.0949. The summed E-state index contributed by atoms with van der Waals surface area (Å²) in [4.78, 5) is 24.0. The molecular weight excluding hydrogens is 300 g/mol. The number of nitrogens with one attached hydrogen (secondary N) is 2. The Bertz CT molecular complexity index is 691. The lowest BCUT2D eigenvalue weighted by Crippen LogP contribution is -2.23. The summed E-state index contributed by atoms with van der Waals surface area (Å²) in [7, 11) is 0. The zero-order chi connectivity index (χ0) is 17.2. The van der Waals surface area contributed by atoms with Crippen LogP contribution in [0.5, 0.6) is 0 Å². The van der Waals surface area contributed by atoms with E-state index in [1.165, 1.54) is 0 Å². The Morgan fingerprint density at radius 1 is 0.958 bits per heavy atom. The van der Waals surface area contributed by atoms with Crippen LogP contribution in [0.4, 0.5) is 0 Å². The number of benzene rings is 2. The molecule has 0 bridgehead atoms. The van der Waals surface area contributed by atoms with Crippen molar-refractivity contribution in [3.63, 3.8) is 0 Å². The fraction of sp³-hybridized carbons (Fsp3) is 0.200. The van der Waals surface area contributed by atoms with Crippen LogP contribution in [0.1, 0.15) is 33.2 Å². The minimum absolute atomic E-state index is 0.0550. The molecule has 0 spiro atoms. The van der Waals surface area contributed by atoms with E-state index in [0.717, 1.165) is 5.56 Å². The second-order valence-electron chi connectivity index (χ2n) is 5.37. The van der Waals surface area contributed by atoms with Crippen LogP contribution >= 0.6 is 0 Å². The van der Waals surface area contributed by atoms with Gasteiger partial charge in [0.15, 0.2) is 5.78 Å². The average molecular weight is 322 g/mol. The molecule has 24 heavy (non-hydrogen) atoms. The number of ketones is 1. The molecule has 2 aromatic rings. The van der Waals surface area contributed by atoms with Crippen molar-refractivity contribution in [3.8, 4) is 0 Å². The first-order chi connectivity index (χ1) is 11.7. The highest BCUT2D eigenvalue weighted by atomic mass is 16.1. The van der Waals surface area contributed by atoms with Gasteiger partial charge in [-0.1, -0.05) is 54.6 Å². The van der Waals surface area contributed by atoms with Crippen molar-refractivity contribution >= 4 is 11.7 Å². The first kappa shape index (κ1) is 17.6. The van der Waals surface area contributed by atoms with Crippen LogP contribution in [0.15, 0.2) is 66.7 Å². The maximum atomic E-state index is 12.0. The van der Waals surface area contributed by atoms with Crippen LogP contribution in [-0.4, -0.2) is 24.8 Å². The molecular formula is C20H22N2O2. The Labute approximate surface area is 142 Å². The van der Waals surface area contributed by atoms with Crippen LogP contribution in [0, 0.1) is 0 Å². The highest BCUT2D eigenvalue weighted by Gasteiger charge is 2.06. The lowest BCUT2D eigenvalue weighted by atomic mass is 10.1. The van der Waals surface area contributed by atoms with Crippen molar-refractivity contribution in [3.05, 3.63) is 83.4 Å². The van der Waals surface area contributed by atoms with Crippen LogP contribution in [0.3, 0.4) is 0 Å². The van der Waals surface area contributed by atoms with Gasteiger partial charge in [0.25, 0.3) is 5.91 Å². The van der Waals surface area contributed by atoms with E-state index in [4.69, 9.17) is 0 Å². The quantitative estimate of drug-likeness (QED) is 0.446. The Hall–Kier alpha value is -2.72. The Balaban J connectivity index is 1.83. The van der Waals surface area contributed by atoms with Gasteiger partial charge in [0.1, 0.15) is 0 Å². The molecule has 0 aliphatic rings. The van der Waals surface area contributed by atoms with E-state index < -0.39 is 0 Å². The highest BCUT2D eigenvalue weighted by molar-refractivity contribution is 5.97. The third kappa shape index (κ3) is 5.48. The number of hydrogen-bond acceptors (Lipinski definition) is 3. The molecule has 0 saturated heterocycles. The fourth-order valence-corrected chi connectivity index (χ4v) is 2.17.